The van der Waals surface area contributed by atoms with Crippen LogP contribution in [0, 0.1) is 6.92 Å². The number of hydrogen-bond donors (Lipinski definition) is 0. The molecule has 0 fully saturated rings. The minimum atomic E-state index is -0.0112. The minimum Gasteiger partial charge on any atom is -0.240 e. The number of thioether (sulfide) groups is 1. The van der Waals surface area contributed by atoms with E-state index in [1.54, 1.807) is 0 Å². The molecule has 0 N–H and O–H groups in total. The van der Waals surface area contributed by atoms with E-state index in [1.807, 2.05) is 31.8 Å². The number of aromatic nitrogens is 2. The third-order valence-electron chi connectivity index (χ3n) is 1.93. The lowest BCUT2D eigenvalue weighted by molar-refractivity contribution is 0.924. The third kappa shape index (κ3) is 3.14. The maximum absolute atomic E-state index is 5.98. The SMILES string of the molecule is CCSCc1ncc(C(C)Cl)c(C)n1. The second kappa shape index (κ2) is 5.56. The summed E-state index contributed by atoms with van der Waals surface area (Å²) < 4.78 is 0. The van der Waals surface area contributed by atoms with Gasteiger partial charge < -0.3 is 0 Å². The Morgan fingerprint density at radius 3 is 2.79 bits per heavy atom. The van der Waals surface area contributed by atoms with Gasteiger partial charge in [0, 0.05) is 17.5 Å². The van der Waals surface area contributed by atoms with Gasteiger partial charge in [-0.15, -0.1) is 11.6 Å². The van der Waals surface area contributed by atoms with Gasteiger partial charge in [0.15, 0.2) is 0 Å². The number of aryl methyl sites for hydroxylation is 1. The van der Waals surface area contributed by atoms with Crippen molar-refractivity contribution in [3.63, 3.8) is 0 Å². The van der Waals surface area contributed by atoms with Gasteiger partial charge in [-0.2, -0.15) is 11.8 Å². The van der Waals surface area contributed by atoms with Gasteiger partial charge in [-0.3, -0.25) is 0 Å². The zero-order valence-electron chi connectivity index (χ0n) is 8.75. The second-order valence-electron chi connectivity index (χ2n) is 3.08. The number of nitrogens with zero attached hydrogens (tertiary/aromatic N) is 2. The van der Waals surface area contributed by atoms with Crippen molar-refractivity contribution >= 4 is 23.4 Å². The van der Waals surface area contributed by atoms with Gasteiger partial charge in [-0.25, -0.2) is 9.97 Å². The summed E-state index contributed by atoms with van der Waals surface area (Å²) in [5, 5.41) is -0.0112. The molecule has 1 rings (SSSR count). The lowest BCUT2D eigenvalue weighted by Gasteiger charge is -2.07. The molecule has 0 bridgehead atoms. The Balaban J connectivity index is 2.78. The molecular formula is C10H15ClN2S. The summed E-state index contributed by atoms with van der Waals surface area (Å²) in [5.41, 5.74) is 2.02. The molecule has 0 spiro atoms. The molecule has 1 aromatic heterocycles. The molecule has 0 aliphatic carbocycles. The number of rotatable bonds is 4. The lowest BCUT2D eigenvalue weighted by Crippen LogP contribution is -2.00. The Kier molecular flexibility index (Phi) is 4.69. The summed E-state index contributed by atoms with van der Waals surface area (Å²) in [6, 6.07) is 0. The zero-order valence-corrected chi connectivity index (χ0v) is 10.3. The van der Waals surface area contributed by atoms with Crippen molar-refractivity contribution in [1.82, 2.24) is 9.97 Å². The van der Waals surface area contributed by atoms with E-state index in [4.69, 9.17) is 11.6 Å². The number of halogens is 1. The molecule has 14 heavy (non-hydrogen) atoms. The average Bonchev–Trinajstić information content (AvgIpc) is 2.14. The van der Waals surface area contributed by atoms with E-state index < -0.39 is 0 Å². The molecule has 1 atom stereocenters. The van der Waals surface area contributed by atoms with E-state index in [2.05, 4.69) is 16.9 Å². The molecule has 78 valence electrons. The van der Waals surface area contributed by atoms with Crippen LogP contribution < -0.4 is 0 Å². The fourth-order valence-corrected chi connectivity index (χ4v) is 1.92. The van der Waals surface area contributed by atoms with Gasteiger partial charge in [-0.1, -0.05) is 6.92 Å². The van der Waals surface area contributed by atoms with Crippen LogP contribution in [0.1, 0.15) is 36.3 Å². The van der Waals surface area contributed by atoms with Gasteiger partial charge in [0.2, 0.25) is 0 Å². The van der Waals surface area contributed by atoms with E-state index >= 15 is 0 Å². The fourth-order valence-electron chi connectivity index (χ4n) is 1.18. The van der Waals surface area contributed by atoms with E-state index in [0.29, 0.717) is 0 Å². The molecule has 1 aromatic rings. The summed E-state index contributed by atoms with van der Waals surface area (Å²) in [6.45, 7) is 6.05. The molecule has 0 saturated carbocycles. The minimum absolute atomic E-state index is 0.0112. The van der Waals surface area contributed by atoms with Crippen LogP contribution in [0.2, 0.25) is 0 Å². The van der Waals surface area contributed by atoms with Crippen LogP contribution in [-0.2, 0) is 5.75 Å². The Bertz CT molecular complexity index is 302. The van der Waals surface area contributed by atoms with Crippen molar-refractivity contribution < 1.29 is 0 Å². The molecule has 4 heteroatoms. The largest absolute Gasteiger partial charge is 0.240 e. The van der Waals surface area contributed by atoms with E-state index in [-0.39, 0.29) is 5.38 Å². The van der Waals surface area contributed by atoms with Gasteiger partial charge in [0.25, 0.3) is 0 Å². The molecule has 0 saturated heterocycles. The maximum atomic E-state index is 5.98. The van der Waals surface area contributed by atoms with E-state index in [1.165, 1.54) is 0 Å². The molecule has 1 heterocycles. The predicted octanol–water partition coefficient (Wildman–Crippen LogP) is 3.34. The summed E-state index contributed by atoms with van der Waals surface area (Å²) >= 11 is 7.81. The van der Waals surface area contributed by atoms with Gasteiger partial charge >= 0.3 is 0 Å². The highest BCUT2D eigenvalue weighted by Crippen LogP contribution is 2.21. The van der Waals surface area contributed by atoms with Gasteiger partial charge in [-0.05, 0) is 19.6 Å². The smallest absolute Gasteiger partial charge is 0.138 e. The Morgan fingerprint density at radius 2 is 2.29 bits per heavy atom. The molecule has 0 aromatic carbocycles. The maximum Gasteiger partial charge on any atom is 0.138 e. The normalized spacial score (nSPS) is 12.9. The van der Waals surface area contributed by atoms with Crippen LogP contribution in [0.15, 0.2) is 6.20 Å². The summed E-state index contributed by atoms with van der Waals surface area (Å²) in [6.07, 6.45) is 1.84. The first-order chi connectivity index (χ1) is 6.65. The van der Waals surface area contributed by atoms with Crippen LogP contribution in [0.3, 0.4) is 0 Å². The average molecular weight is 231 g/mol. The van der Waals surface area contributed by atoms with Crippen LogP contribution in [0.4, 0.5) is 0 Å². The monoisotopic (exact) mass is 230 g/mol. The Morgan fingerprint density at radius 1 is 1.57 bits per heavy atom. The fraction of sp³-hybridized carbons (Fsp3) is 0.600. The van der Waals surface area contributed by atoms with E-state index in [0.717, 1.165) is 28.6 Å². The highest BCUT2D eigenvalue weighted by atomic mass is 35.5. The van der Waals surface area contributed by atoms with Crippen molar-refractivity contribution in [3.05, 3.63) is 23.3 Å². The first-order valence-corrected chi connectivity index (χ1v) is 6.28. The predicted molar refractivity (Wildman–Crippen MR) is 62.9 cm³/mol. The van der Waals surface area contributed by atoms with Crippen LogP contribution in [0.25, 0.3) is 0 Å². The molecule has 1 unspecified atom stereocenters. The first kappa shape index (κ1) is 11.8. The summed E-state index contributed by atoms with van der Waals surface area (Å²) in [5.74, 6) is 2.88. The van der Waals surface area contributed by atoms with Crippen molar-refractivity contribution in [2.45, 2.75) is 31.9 Å². The van der Waals surface area contributed by atoms with Crippen LogP contribution in [-0.4, -0.2) is 15.7 Å². The van der Waals surface area contributed by atoms with Gasteiger partial charge in [0.05, 0.1) is 11.1 Å². The number of hydrogen-bond acceptors (Lipinski definition) is 3. The van der Waals surface area contributed by atoms with Crippen molar-refractivity contribution in [3.8, 4) is 0 Å². The molecule has 0 radical (unpaired) electrons. The van der Waals surface area contributed by atoms with Crippen molar-refractivity contribution in [2.75, 3.05) is 5.75 Å². The van der Waals surface area contributed by atoms with Crippen molar-refractivity contribution in [2.24, 2.45) is 0 Å². The highest BCUT2D eigenvalue weighted by molar-refractivity contribution is 7.98. The van der Waals surface area contributed by atoms with Crippen LogP contribution in [0.5, 0.6) is 0 Å². The standard InChI is InChI=1S/C10H15ClN2S/c1-4-14-6-10-12-5-9(7(2)11)8(3)13-10/h5,7H,4,6H2,1-3H3. The summed E-state index contributed by atoms with van der Waals surface area (Å²) in [4.78, 5) is 8.70. The topological polar surface area (TPSA) is 25.8 Å². The Hall–Kier alpha value is -0.280. The molecule has 2 nitrogen and oxygen atoms in total. The first-order valence-electron chi connectivity index (χ1n) is 4.69. The molecule has 0 amide bonds. The second-order valence-corrected chi connectivity index (χ2v) is 5.01. The van der Waals surface area contributed by atoms with Crippen molar-refractivity contribution in [1.29, 1.82) is 0 Å². The highest BCUT2D eigenvalue weighted by Gasteiger charge is 2.07. The lowest BCUT2D eigenvalue weighted by atomic mass is 10.2. The quantitative estimate of drug-likeness (QED) is 0.742. The zero-order chi connectivity index (χ0) is 10.6. The molecule has 0 aliphatic heterocycles. The Labute approximate surface area is 94.5 Å². The summed E-state index contributed by atoms with van der Waals surface area (Å²) in [7, 11) is 0. The third-order valence-corrected chi connectivity index (χ3v) is 3.04. The van der Waals surface area contributed by atoms with Gasteiger partial charge in [0.1, 0.15) is 5.82 Å². The van der Waals surface area contributed by atoms with E-state index in [9.17, 15) is 0 Å². The van der Waals surface area contributed by atoms with Crippen LogP contribution >= 0.6 is 23.4 Å². The molecule has 0 aliphatic rings. The molecular weight excluding hydrogens is 216 g/mol. The number of alkyl halides is 1.